The molecule has 7 heteroatoms. The van der Waals surface area contributed by atoms with Crippen molar-refractivity contribution in [2.24, 2.45) is 0 Å². The summed E-state index contributed by atoms with van der Waals surface area (Å²) < 4.78 is 0. The zero-order chi connectivity index (χ0) is 16.8. The fourth-order valence-corrected chi connectivity index (χ4v) is 2.08. The molecular weight excluding hydrogens is 292 g/mol. The monoisotopic (exact) mass is 316 g/mol. The lowest BCUT2D eigenvalue weighted by Gasteiger charge is -2.24. The number of aromatic nitrogens is 3. The van der Waals surface area contributed by atoms with Crippen LogP contribution in [0.2, 0.25) is 0 Å². The van der Waals surface area contributed by atoms with Crippen LogP contribution in [0, 0.1) is 0 Å². The van der Waals surface area contributed by atoms with Crippen LogP contribution in [0.5, 0.6) is 0 Å². The minimum Gasteiger partial charge on any atom is -0.393 e. The van der Waals surface area contributed by atoms with Crippen LogP contribution in [0.4, 0.5) is 17.6 Å². The number of nitrogens with zero attached hydrogens (tertiary/aromatic N) is 4. The molecule has 0 saturated heterocycles. The molecule has 0 aliphatic heterocycles. The van der Waals surface area contributed by atoms with Gasteiger partial charge in [-0.2, -0.15) is 15.0 Å². The van der Waals surface area contributed by atoms with Crippen LogP contribution in [0.25, 0.3) is 0 Å². The van der Waals surface area contributed by atoms with Gasteiger partial charge in [-0.15, -0.1) is 0 Å². The number of benzene rings is 1. The van der Waals surface area contributed by atoms with Crippen molar-refractivity contribution in [2.75, 3.05) is 24.6 Å². The minimum atomic E-state index is -0.330. The zero-order valence-electron chi connectivity index (χ0n) is 13.8. The quantitative estimate of drug-likeness (QED) is 0.718. The van der Waals surface area contributed by atoms with Crippen LogP contribution < -0.4 is 11.1 Å². The lowest BCUT2D eigenvalue weighted by molar-refractivity contribution is 0.151. The number of rotatable bonds is 7. The van der Waals surface area contributed by atoms with Gasteiger partial charge in [-0.25, -0.2) is 0 Å². The third-order valence-electron chi connectivity index (χ3n) is 3.63. The molecule has 4 N–H and O–H groups in total. The van der Waals surface area contributed by atoms with Gasteiger partial charge in [-0.1, -0.05) is 18.2 Å². The van der Waals surface area contributed by atoms with Gasteiger partial charge in [0, 0.05) is 12.2 Å². The highest BCUT2D eigenvalue weighted by molar-refractivity contribution is 5.53. The van der Waals surface area contributed by atoms with Crippen LogP contribution in [0.15, 0.2) is 30.3 Å². The number of nitrogen functional groups attached to an aromatic ring is 1. The van der Waals surface area contributed by atoms with Gasteiger partial charge in [-0.05, 0) is 39.4 Å². The number of aliphatic hydroxyl groups excluding tert-OH is 1. The molecule has 1 heterocycles. The average molecular weight is 316 g/mol. The van der Waals surface area contributed by atoms with Gasteiger partial charge in [0.2, 0.25) is 11.9 Å². The number of anilines is 3. The molecule has 0 amide bonds. The molecule has 2 atom stereocenters. The topological polar surface area (TPSA) is 100 Å². The molecule has 0 saturated carbocycles. The summed E-state index contributed by atoms with van der Waals surface area (Å²) in [6.07, 6.45) is 0.361. The first kappa shape index (κ1) is 17.1. The standard InChI is InChI=1S/C16H24N6O/c1-11(23)9-10-22(3)12(2)14-19-15(17)21-16(20-14)18-13-7-5-4-6-8-13/h4-8,11-12,23H,9-10H2,1-3H3,(H3,17,18,19,20,21). The first-order valence-corrected chi connectivity index (χ1v) is 7.67. The van der Waals surface area contributed by atoms with E-state index in [0.29, 0.717) is 18.2 Å². The lowest BCUT2D eigenvalue weighted by atomic mass is 10.2. The molecule has 1 aromatic carbocycles. The number of hydrogen-bond acceptors (Lipinski definition) is 7. The van der Waals surface area contributed by atoms with Crippen molar-refractivity contribution in [2.45, 2.75) is 32.4 Å². The van der Waals surface area contributed by atoms with Crippen molar-refractivity contribution in [3.63, 3.8) is 0 Å². The molecule has 0 aliphatic carbocycles. The Kier molecular flexibility index (Phi) is 5.84. The van der Waals surface area contributed by atoms with Crippen molar-refractivity contribution in [1.29, 1.82) is 0 Å². The van der Waals surface area contributed by atoms with Gasteiger partial charge in [0.05, 0.1) is 12.1 Å². The second-order valence-electron chi connectivity index (χ2n) is 5.66. The Morgan fingerprint density at radius 3 is 2.52 bits per heavy atom. The highest BCUT2D eigenvalue weighted by atomic mass is 16.3. The van der Waals surface area contributed by atoms with Gasteiger partial charge < -0.3 is 16.2 Å². The molecule has 0 radical (unpaired) electrons. The van der Waals surface area contributed by atoms with E-state index in [4.69, 9.17) is 5.73 Å². The minimum absolute atomic E-state index is 0.0321. The molecule has 0 spiro atoms. The maximum Gasteiger partial charge on any atom is 0.232 e. The largest absolute Gasteiger partial charge is 0.393 e. The number of aliphatic hydroxyl groups is 1. The Balaban J connectivity index is 2.13. The van der Waals surface area contributed by atoms with Crippen molar-refractivity contribution in [3.05, 3.63) is 36.2 Å². The van der Waals surface area contributed by atoms with E-state index in [0.717, 1.165) is 12.2 Å². The van der Waals surface area contributed by atoms with E-state index >= 15 is 0 Å². The molecule has 2 aromatic rings. The zero-order valence-corrected chi connectivity index (χ0v) is 13.8. The molecule has 0 bridgehead atoms. The smallest absolute Gasteiger partial charge is 0.232 e. The van der Waals surface area contributed by atoms with Crippen molar-refractivity contribution < 1.29 is 5.11 Å². The average Bonchev–Trinajstić information content (AvgIpc) is 2.52. The Morgan fingerprint density at radius 2 is 1.87 bits per heavy atom. The summed E-state index contributed by atoms with van der Waals surface area (Å²) in [6.45, 7) is 4.52. The third-order valence-corrected chi connectivity index (χ3v) is 3.63. The van der Waals surface area contributed by atoms with Crippen LogP contribution in [0.1, 0.15) is 32.1 Å². The summed E-state index contributed by atoms with van der Waals surface area (Å²) in [6, 6.07) is 9.63. The number of nitrogens with one attached hydrogen (secondary N) is 1. The first-order chi connectivity index (χ1) is 11.0. The van der Waals surface area contributed by atoms with E-state index in [2.05, 4.69) is 25.2 Å². The van der Waals surface area contributed by atoms with Gasteiger partial charge >= 0.3 is 0 Å². The Hall–Kier alpha value is -2.25. The second kappa shape index (κ2) is 7.85. The van der Waals surface area contributed by atoms with Gasteiger partial charge in [0.15, 0.2) is 5.82 Å². The molecule has 124 valence electrons. The summed E-state index contributed by atoms with van der Waals surface area (Å²) in [5.74, 6) is 1.21. The fraction of sp³-hybridized carbons (Fsp3) is 0.438. The normalized spacial score (nSPS) is 13.8. The van der Waals surface area contributed by atoms with Crippen molar-refractivity contribution in [3.8, 4) is 0 Å². The van der Waals surface area contributed by atoms with Crippen LogP contribution in [-0.4, -0.2) is 44.7 Å². The predicted molar refractivity (Wildman–Crippen MR) is 91.3 cm³/mol. The summed E-state index contributed by atoms with van der Waals surface area (Å²) in [5, 5.41) is 12.5. The number of nitrogens with two attached hydrogens (primary N) is 1. The van der Waals surface area contributed by atoms with Gasteiger partial charge in [0.1, 0.15) is 0 Å². The van der Waals surface area contributed by atoms with Crippen LogP contribution >= 0.6 is 0 Å². The molecular formula is C16H24N6O. The Bertz CT molecular complexity index is 619. The summed E-state index contributed by atoms with van der Waals surface area (Å²) in [5.41, 5.74) is 6.70. The molecule has 1 aromatic heterocycles. The van der Waals surface area contributed by atoms with Gasteiger partial charge in [0.25, 0.3) is 0 Å². The van der Waals surface area contributed by atoms with E-state index in [1.165, 1.54) is 0 Å². The maximum atomic E-state index is 9.41. The molecule has 0 aliphatic rings. The summed E-state index contributed by atoms with van der Waals surface area (Å²) in [7, 11) is 1.97. The third kappa shape index (κ3) is 5.15. The molecule has 2 unspecified atom stereocenters. The highest BCUT2D eigenvalue weighted by Crippen LogP contribution is 2.19. The highest BCUT2D eigenvalue weighted by Gasteiger charge is 2.17. The molecule has 2 rings (SSSR count). The van der Waals surface area contributed by atoms with E-state index in [1.807, 2.05) is 44.3 Å². The molecule has 7 nitrogen and oxygen atoms in total. The van der Waals surface area contributed by atoms with E-state index in [-0.39, 0.29) is 18.1 Å². The van der Waals surface area contributed by atoms with Crippen LogP contribution in [-0.2, 0) is 0 Å². The van der Waals surface area contributed by atoms with Crippen LogP contribution in [0.3, 0.4) is 0 Å². The van der Waals surface area contributed by atoms with Crippen molar-refractivity contribution >= 4 is 17.6 Å². The fourth-order valence-electron chi connectivity index (χ4n) is 2.08. The Morgan fingerprint density at radius 1 is 1.17 bits per heavy atom. The number of para-hydroxylation sites is 1. The van der Waals surface area contributed by atoms with Crippen molar-refractivity contribution in [1.82, 2.24) is 19.9 Å². The Labute approximate surface area is 136 Å². The maximum absolute atomic E-state index is 9.41. The SMILES string of the molecule is CC(O)CCN(C)C(C)c1nc(N)nc(Nc2ccccc2)n1. The second-order valence-corrected chi connectivity index (χ2v) is 5.66. The molecule has 23 heavy (non-hydrogen) atoms. The first-order valence-electron chi connectivity index (χ1n) is 7.67. The van der Waals surface area contributed by atoms with E-state index < -0.39 is 0 Å². The summed E-state index contributed by atoms with van der Waals surface area (Å²) >= 11 is 0. The number of hydrogen-bond donors (Lipinski definition) is 3. The van der Waals surface area contributed by atoms with E-state index in [9.17, 15) is 5.11 Å². The molecule has 0 fully saturated rings. The van der Waals surface area contributed by atoms with E-state index in [1.54, 1.807) is 6.92 Å². The predicted octanol–water partition coefficient (Wildman–Crippen LogP) is 1.96. The summed E-state index contributed by atoms with van der Waals surface area (Å²) in [4.78, 5) is 14.9. The lowest BCUT2D eigenvalue weighted by Crippen LogP contribution is -2.27. The van der Waals surface area contributed by atoms with Gasteiger partial charge in [-0.3, -0.25) is 4.90 Å².